The van der Waals surface area contributed by atoms with Gasteiger partial charge < -0.3 is 9.52 Å². The molecule has 2 aromatic rings. The third-order valence-corrected chi connectivity index (χ3v) is 2.78. The summed E-state index contributed by atoms with van der Waals surface area (Å²) in [5.41, 5.74) is 1.15. The minimum Gasteiger partial charge on any atom is -0.444 e. The number of aliphatic hydroxyl groups excluding tert-OH is 1. The fourth-order valence-corrected chi connectivity index (χ4v) is 1.93. The van der Waals surface area contributed by atoms with Gasteiger partial charge in [-0.2, -0.15) is 13.2 Å². The van der Waals surface area contributed by atoms with Gasteiger partial charge in [0, 0.05) is 18.7 Å². The van der Waals surface area contributed by atoms with Crippen molar-refractivity contribution in [3.63, 3.8) is 0 Å². The topological polar surface area (TPSA) is 49.5 Å². The zero-order valence-corrected chi connectivity index (χ0v) is 11.2. The molecular formula is C14H15F3N2O2. The van der Waals surface area contributed by atoms with Gasteiger partial charge in [0.05, 0.1) is 18.8 Å². The van der Waals surface area contributed by atoms with Crippen molar-refractivity contribution in [1.29, 1.82) is 0 Å². The lowest BCUT2D eigenvalue weighted by molar-refractivity contribution is -0.148. The SMILES string of the molecule is OCCN(Cc1coc(-c2ccccc2)n1)CC(F)(F)F. The minimum atomic E-state index is -4.32. The zero-order chi connectivity index (χ0) is 15.3. The number of hydrogen-bond acceptors (Lipinski definition) is 4. The Hall–Kier alpha value is -1.86. The van der Waals surface area contributed by atoms with Crippen molar-refractivity contribution in [3.05, 3.63) is 42.3 Å². The Kier molecular flexibility index (Phi) is 4.98. The fraction of sp³-hybridized carbons (Fsp3) is 0.357. The van der Waals surface area contributed by atoms with E-state index in [1.54, 1.807) is 12.1 Å². The molecule has 4 nitrogen and oxygen atoms in total. The van der Waals surface area contributed by atoms with Gasteiger partial charge in [-0.3, -0.25) is 4.90 Å². The number of nitrogens with zero attached hydrogens (tertiary/aromatic N) is 2. The van der Waals surface area contributed by atoms with Crippen LogP contribution in [0.25, 0.3) is 11.5 Å². The first-order valence-corrected chi connectivity index (χ1v) is 6.38. The molecule has 0 aliphatic heterocycles. The van der Waals surface area contributed by atoms with Crippen LogP contribution in [0.2, 0.25) is 0 Å². The van der Waals surface area contributed by atoms with Gasteiger partial charge in [0.1, 0.15) is 6.26 Å². The number of hydrogen-bond donors (Lipinski definition) is 1. The molecule has 0 atom stereocenters. The van der Waals surface area contributed by atoms with E-state index < -0.39 is 12.7 Å². The first-order chi connectivity index (χ1) is 9.98. The van der Waals surface area contributed by atoms with Gasteiger partial charge in [-0.1, -0.05) is 18.2 Å². The lowest BCUT2D eigenvalue weighted by Crippen LogP contribution is -2.35. The van der Waals surface area contributed by atoms with Crippen molar-refractivity contribution >= 4 is 0 Å². The predicted octanol–water partition coefficient (Wildman–Crippen LogP) is 2.70. The lowest BCUT2D eigenvalue weighted by Gasteiger charge is -2.21. The van der Waals surface area contributed by atoms with Gasteiger partial charge in [0.15, 0.2) is 0 Å². The third kappa shape index (κ3) is 4.87. The van der Waals surface area contributed by atoms with E-state index in [2.05, 4.69) is 4.98 Å². The van der Waals surface area contributed by atoms with Crippen LogP contribution < -0.4 is 0 Å². The number of oxazole rings is 1. The van der Waals surface area contributed by atoms with Gasteiger partial charge in [-0.05, 0) is 12.1 Å². The maximum absolute atomic E-state index is 12.4. The van der Waals surface area contributed by atoms with Crippen LogP contribution in [0.5, 0.6) is 0 Å². The standard InChI is InChI=1S/C14H15F3N2O2/c15-14(16,17)10-19(6-7-20)8-12-9-21-13(18-12)11-4-2-1-3-5-11/h1-5,9,20H,6-8,10H2. The van der Waals surface area contributed by atoms with E-state index in [0.29, 0.717) is 11.6 Å². The summed E-state index contributed by atoms with van der Waals surface area (Å²) in [6, 6.07) is 9.09. The van der Waals surface area contributed by atoms with Crippen LogP contribution in [0.4, 0.5) is 13.2 Å². The summed E-state index contributed by atoms with van der Waals surface area (Å²) in [5, 5.41) is 8.84. The van der Waals surface area contributed by atoms with Gasteiger partial charge in [-0.25, -0.2) is 4.98 Å². The van der Waals surface area contributed by atoms with Gasteiger partial charge in [0.25, 0.3) is 0 Å². The molecule has 0 aliphatic rings. The smallest absolute Gasteiger partial charge is 0.401 e. The molecular weight excluding hydrogens is 285 g/mol. The Bertz CT molecular complexity index is 555. The lowest BCUT2D eigenvalue weighted by atomic mass is 10.2. The van der Waals surface area contributed by atoms with E-state index in [9.17, 15) is 13.2 Å². The molecule has 0 aliphatic carbocycles. The Morgan fingerprint density at radius 2 is 1.90 bits per heavy atom. The van der Waals surface area contributed by atoms with E-state index >= 15 is 0 Å². The average Bonchev–Trinajstić information content (AvgIpc) is 2.87. The fourth-order valence-electron chi connectivity index (χ4n) is 1.93. The molecule has 0 radical (unpaired) electrons. The normalized spacial score (nSPS) is 12.0. The Balaban J connectivity index is 2.06. The van der Waals surface area contributed by atoms with Crippen molar-refractivity contribution in [2.24, 2.45) is 0 Å². The van der Waals surface area contributed by atoms with Crippen LogP contribution >= 0.6 is 0 Å². The van der Waals surface area contributed by atoms with Crippen molar-refractivity contribution in [2.75, 3.05) is 19.7 Å². The first-order valence-electron chi connectivity index (χ1n) is 6.38. The number of halogens is 3. The number of aromatic nitrogens is 1. The Morgan fingerprint density at radius 3 is 2.52 bits per heavy atom. The number of aliphatic hydroxyl groups is 1. The second kappa shape index (κ2) is 6.73. The number of alkyl halides is 3. The molecule has 1 N–H and O–H groups in total. The van der Waals surface area contributed by atoms with E-state index in [-0.39, 0.29) is 19.7 Å². The molecule has 1 aromatic carbocycles. The minimum absolute atomic E-state index is 0.0313. The zero-order valence-electron chi connectivity index (χ0n) is 11.2. The Morgan fingerprint density at radius 1 is 1.19 bits per heavy atom. The van der Waals surface area contributed by atoms with Gasteiger partial charge >= 0.3 is 6.18 Å². The summed E-state index contributed by atoms with van der Waals surface area (Å²) < 4.78 is 42.6. The summed E-state index contributed by atoms with van der Waals surface area (Å²) in [4.78, 5) is 5.25. The molecule has 0 spiro atoms. The second-order valence-electron chi connectivity index (χ2n) is 4.56. The van der Waals surface area contributed by atoms with Crippen LogP contribution in [-0.2, 0) is 6.54 Å². The van der Waals surface area contributed by atoms with Crippen molar-refractivity contribution in [3.8, 4) is 11.5 Å². The molecule has 7 heteroatoms. The summed E-state index contributed by atoms with van der Waals surface area (Å²) >= 11 is 0. The maximum atomic E-state index is 12.4. The molecule has 0 saturated carbocycles. The van der Waals surface area contributed by atoms with E-state index in [1.807, 2.05) is 18.2 Å². The molecule has 21 heavy (non-hydrogen) atoms. The highest BCUT2D eigenvalue weighted by molar-refractivity contribution is 5.52. The first kappa shape index (κ1) is 15.5. The monoisotopic (exact) mass is 300 g/mol. The highest BCUT2D eigenvalue weighted by Gasteiger charge is 2.30. The number of benzene rings is 1. The van der Waals surface area contributed by atoms with E-state index in [1.165, 1.54) is 6.26 Å². The molecule has 1 heterocycles. The maximum Gasteiger partial charge on any atom is 0.401 e. The third-order valence-electron chi connectivity index (χ3n) is 2.78. The molecule has 114 valence electrons. The quantitative estimate of drug-likeness (QED) is 0.891. The molecule has 0 amide bonds. The molecule has 1 aromatic heterocycles. The second-order valence-corrected chi connectivity index (χ2v) is 4.56. The van der Waals surface area contributed by atoms with Gasteiger partial charge in [-0.15, -0.1) is 0 Å². The largest absolute Gasteiger partial charge is 0.444 e. The van der Waals surface area contributed by atoms with E-state index in [0.717, 1.165) is 10.5 Å². The summed E-state index contributed by atoms with van der Waals surface area (Å²) in [6.07, 6.45) is -2.98. The van der Waals surface area contributed by atoms with E-state index in [4.69, 9.17) is 9.52 Å². The average molecular weight is 300 g/mol. The van der Waals surface area contributed by atoms with Crippen molar-refractivity contribution < 1.29 is 22.7 Å². The van der Waals surface area contributed by atoms with Crippen molar-refractivity contribution in [1.82, 2.24) is 9.88 Å². The predicted molar refractivity (Wildman–Crippen MR) is 70.4 cm³/mol. The van der Waals surface area contributed by atoms with Crippen LogP contribution in [0.1, 0.15) is 5.69 Å². The molecule has 0 bridgehead atoms. The number of rotatable bonds is 6. The Labute approximate surface area is 119 Å². The van der Waals surface area contributed by atoms with Crippen LogP contribution in [0.15, 0.2) is 41.0 Å². The van der Waals surface area contributed by atoms with Gasteiger partial charge in [0.2, 0.25) is 5.89 Å². The molecule has 0 saturated heterocycles. The summed E-state index contributed by atoms with van der Waals surface area (Å²) in [7, 11) is 0. The highest BCUT2D eigenvalue weighted by atomic mass is 19.4. The van der Waals surface area contributed by atoms with Crippen LogP contribution in [0.3, 0.4) is 0 Å². The summed E-state index contributed by atoms with van der Waals surface area (Å²) in [5.74, 6) is 0.363. The van der Waals surface area contributed by atoms with Crippen molar-refractivity contribution in [2.45, 2.75) is 12.7 Å². The molecule has 2 rings (SSSR count). The summed E-state index contributed by atoms with van der Waals surface area (Å²) in [6.45, 7) is -1.55. The molecule has 0 unspecified atom stereocenters. The van der Waals surface area contributed by atoms with Crippen LogP contribution in [0, 0.1) is 0 Å². The van der Waals surface area contributed by atoms with Crippen LogP contribution in [-0.4, -0.2) is 40.9 Å². The molecule has 0 fully saturated rings. The highest BCUT2D eigenvalue weighted by Crippen LogP contribution is 2.21.